The van der Waals surface area contributed by atoms with E-state index < -0.39 is 23.7 Å². The molecule has 3 aromatic carbocycles. The molecule has 1 unspecified atom stereocenters. The molecular weight excluding hydrogens is 972 g/mol. The number of aromatic hydroxyl groups is 2. The number of cyclic esters (lactones) is 1. The molecule has 73 heavy (non-hydrogen) atoms. The number of halogens is 1. The summed E-state index contributed by atoms with van der Waals surface area (Å²) in [5.74, 6) is -0.709. The Balaban J connectivity index is 0.677. The van der Waals surface area contributed by atoms with Crippen LogP contribution in [0.2, 0.25) is 0 Å². The van der Waals surface area contributed by atoms with Crippen LogP contribution in [-0.4, -0.2) is 107 Å². The number of hydrogen-bond donors (Lipinski definition) is 4. The van der Waals surface area contributed by atoms with E-state index in [1.165, 1.54) is 17.7 Å². The maximum Gasteiger partial charge on any atom is 0.407 e. The summed E-state index contributed by atoms with van der Waals surface area (Å²) < 4.78 is 28.5. The van der Waals surface area contributed by atoms with Gasteiger partial charge in [0, 0.05) is 86.8 Å². The number of aryl methyl sites for hydroxylation is 1. The van der Waals surface area contributed by atoms with Gasteiger partial charge in [0.1, 0.15) is 30.0 Å². The molecule has 4 aliphatic heterocycles. The Labute approximate surface area is 430 Å². The molecule has 2 aliphatic carbocycles. The topological polar surface area (TPSA) is 187 Å². The van der Waals surface area contributed by atoms with Crippen molar-refractivity contribution < 1.29 is 43.6 Å². The number of benzene rings is 3. The highest BCUT2D eigenvalue weighted by Gasteiger charge is 2.46. The fourth-order valence-electron chi connectivity index (χ4n) is 12.0. The Kier molecular flexibility index (Phi) is 13.3. The number of phenols is 2. The number of nitrogens with zero attached hydrogens (tertiary/aromatic N) is 5. The first kappa shape index (κ1) is 49.5. The number of rotatable bonds is 12. The van der Waals surface area contributed by atoms with Gasteiger partial charge in [-0.2, -0.15) is 0 Å². The summed E-state index contributed by atoms with van der Waals surface area (Å²) in [4.78, 5) is 66.0. The molecule has 2 aromatic heterocycles. The summed E-state index contributed by atoms with van der Waals surface area (Å²) in [7, 11) is 3.63. The lowest BCUT2D eigenvalue weighted by molar-refractivity contribution is -0.172. The molecule has 1 saturated carbocycles. The van der Waals surface area contributed by atoms with E-state index in [-0.39, 0.29) is 82.3 Å². The highest BCUT2D eigenvalue weighted by molar-refractivity contribution is 8.77. The highest BCUT2D eigenvalue weighted by atomic mass is 33.1. The maximum atomic E-state index is 15.5. The Morgan fingerprint density at radius 2 is 1.74 bits per heavy atom. The number of amides is 2. The Hall–Kier alpha value is -5.66. The lowest BCUT2D eigenvalue weighted by Gasteiger charge is -2.34. The number of aliphatic hydroxyl groups is 1. The second-order valence-corrected chi connectivity index (χ2v) is 23.6. The number of nitrogens with one attached hydrogen (secondary N) is 1. The van der Waals surface area contributed by atoms with Crippen LogP contribution in [0.3, 0.4) is 0 Å². The van der Waals surface area contributed by atoms with E-state index >= 15 is 4.39 Å². The first-order valence-corrected chi connectivity index (χ1v) is 28.0. The summed E-state index contributed by atoms with van der Waals surface area (Å²) in [5.41, 5.74) is 6.50. The summed E-state index contributed by atoms with van der Waals surface area (Å²) >= 11 is 0. The van der Waals surface area contributed by atoms with E-state index in [4.69, 9.17) is 14.5 Å². The molecule has 6 heterocycles. The van der Waals surface area contributed by atoms with Gasteiger partial charge in [-0.25, -0.2) is 19.0 Å². The molecular formula is C55H61FN6O9S2. The van der Waals surface area contributed by atoms with Crippen LogP contribution in [0, 0.1) is 12.7 Å². The minimum Gasteiger partial charge on any atom is -0.508 e. The molecule has 384 valence electrons. The van der Waals surface area contributed by atoms with Crippen LogP contribution >= 0.6 is 21.6 Å². The quantitative estimate of drug-likeness (QED) is 0.0524. The fraction of sp³-hybridized carbons (Fsp3) is 0.473. The first-order valence-electron chi connectivity index (χ1n) is 25.6. The van der Waals surface area contributed by atoms with Gasteiger partial charge in [-0.05, 0) is 102 Å². The third kappa shape index (κ3) is 8.93. The highest BCUT2D eigenvalue weighted by Crippen LogP contribution is 2.47. The Morgan fingerprint density at radius 3 is 2.52 bits per heavy atom. The van der Waals surface area contributed by atoms with Crippen molar-refractivity contribution in [2.24, 2.45) is 0 Å². The van der Waals surface area contributed by atoms with E-state index in [9.17, 15) is 34.5 Å². The number of hydrogen-bond acceptors (Lipinski definition) is 14. The van der Waals surface area contributed by atoms with E-state index in [0.29, 0.717) is 54.0 Å². The van der Waals surface area contributed by atoms with E-state index in [1.807, 2.05) is 24.6 Å². The first-order chi connectivity index (χ1) is 35.1. The van der Waals surface area contributed by atoms with Gasteiger partial charge in [-0.15, -0.1) is 0 Å². The Morgan fingerprint density at radius 1 is 0.959 bits per heavy atom. The molecule has 6 aliphatic rings. The van der Waals surface area contributed by atoms with Gasteiger partial charge in [-0.1, -0.05) is 60.6 Å². The molecule has 11 rings (SSSR count). The summed E-state index contributed by atoms with van der Waals surface area (Å²) in [6, 6.07) is 11.9. The van der Waals surface area contributed by atoms with Gasteiger partial charge in [-0.3, -0.25) is 19.4 Å². The van der Waals surface area contributed by atoms with E-state index in [2.05, 4.69) is 33.3 Å². The van der Waals surface area contributed by atoms with E-state index in [1.54, 1.807) is 46.2 Å². The van der Waals surface area contributed by atoms with Crippen molar-refractivity contribution in [3.63, 3.8) is 0 Å². The zero-order valence-electron chi connectivity index (χ0n) is 41.6. The molecule has 1 saturated heterocycles. The standard InChI is InChI=1S/C55H61FN6O9S2/c1-5-55(69)39-21-43-50-37(27-62(43)52(66)38(39)28-70-53(55)67)49-41(12-11-34-30(4)40(56)22-42(57-50)48(34)49)58-54(68)71-46-7-6-8-47(46)73-72-18-17-59-13-15-60(16-14-59)24-31-9-10-32-25-61(26-33(32)19-31)51(65)36-20-35(29(2)3)44(63)23-45(36)64/h9-10,19-23,29,41,46-47,63-64,69H,5-8,11-18,24-28H2,1-4H3,(H,58,68)/t41-,46-,47?,55-/m0/s1. The van der Waals surface area contributed by atoms with Crippen molar-refractivity contribution in [2.75, 3.05) is 38.5 Å². The monoisotopic (exact) mass is 1030 g/mol. The van der Waals surface area contributed by atoms with Gasteiger partial charge in [0.15, 0.2) is 5.60 Å². The van der Waals surface area contributed by atoms with Crippen molar-refractivity contribution in [1.29, 1.82) is 0 Å². The third-order valence-electron chi connectivity index (χ3n) is 16.2. The number of fused-ring (bicyclic) bond motifs is 6. The lowest BCUT2D eigenvalue weighted by atomic mass is 9.81. The number of alkyl carbamates (subject to hydrolysis) is 1. The second kappa shape index (κ2) is 19.6. The van der Waals surface area contributed by atoms with Gasteiger partial charge >= 0.3 is 12.1 Å². The number of phenolic OH excluding ortho intramolecular Hbond substituents is 2. The van der Waals surface area contributed by atoms with Crippen LogP contribution in [0.25, 0.3) is 22.3 Å². The lowest BCUT2D eigenvalue weighted by Crippen LogP contribution is -2.46. The van der Waals surface area contributed by atoms with Crippen LogP contribution in [-0.2, 0) is 59.1 Å². The van der Waals surface area contributed by atoms with Gasteiger partial charge in [0.25, 0.3) is 11.5 Å². The molecule has 15 nitrogen and oxygen atoms in total. The van der Waals surface area contributed by atoms with Crippen LogP contribution in [0.4, 0.5) is 9.18 Å². The average Bonchev–Trinajstić information content (AvgIpc) is 4.11. The van der Waals surface area contributed by atoms with Gasteiger partial charge < -0.3 is 39.6 Å². The SMILES string of the molecule is CC[C@@]1(O)C(=O)OCc2c1cc1n(c2=O)Cc2c-1nc1cc(F)c(C)c3c1c2[C@@H](NC(=O)O[C@H]1CCCC1SSCCN1CCN(Cc2ccc4c(c2)CN(C(=O)c2cc(C(C)C)c(O)cc2O)C4)CC1)CC3. The number of esters is 1. The molecule has 2 fully saturated rings. The van der Waals surface area contributed by atoms with Crippen LogP contribution in [0.15, 0.2) is 47.3 Å². The fourth-order valence-corrected chi connectivity index (χ4v) is 14.8. The number of carbonyl (C=O) groups excluding carboxylic acids is 3. The molecule has 4 N–H and O–H groups in total. The number of ether oxygens (including phenoxy) is 2. The van der Waals surface area contributed by atoms with Crippen LogP contribution < -0.4 is 10.9 Å². The van der Waals surface area contributed by atoms with Crippen LogP contribution in [0.5, 0.6) is 11.5 Å². The predicted molar refractivity (Wildman–Crippen MR) is 277 cm³/mol. The minimum atomic E-state index is -1.99. The molecule has 5 aromatic rings. The molecule has 4 atom stereocenters. The largest absolute Gasteiger partial charge is 0.508 e. The number of pyridine rings is 2. The summed E-state index contributed by atoms with van der Waals surface area (Å²) in [6.07, 6.45) is 2.96. The summed E-state index contributed by atoms with van der Waals surface area (Å²) in [5, 5.41) is 36.4. The van der Waals surface area contributed by atoms with Gasteiger partial charge in [0.05, 0.1) is 45.9 Å². The van der Waals surface area contributed by atoms with Gasteiger partial charge in [0.2, 0.25) is 0 Å². The second-order valence-electron chi connectivity index (χ2n) is 20.8. The molecule has 0 spiro atoms. The van der Waals surface area contributed by atoms with Crippen LogP contribution in [0.1, 0.15) is 131 Å². The smallest absolute Gasteiger partial charge is 0.407 e. The molecule has 0 radical (unpaired) electrons. The third-order valence-corrected chi connectivity index (χ3v) is 19.1. The normalized spacial score (nSPS) is 22.3. The van der Waals surface area contributed by atoms with Crippen molar-refractivity contribution in [2.45, 2.75) is 128 Å². The predicted octanol–water partition coefficient (Wildman–Crippen LogP) is 8.05. The zero-order chi connectivity index (χ0) is 51.0. The average molecular weight is 1030 g/mol. The number of piperazine rings is 1. The molecule has 18 heteroatoms. The van der Waals surface area contributed by atoms with Crippen molar-refractivity contribution in [3.05, 3.63) is 120 Å². The van der Waals surface area contributed by atoms with Crippen molar-refractivity contribution in [3.8, 4) is 22.9 Å². The molecule has 0 bridgehead atoms. The number of carbonyl (C=O) groups is 3. The Bertz CT molecular complexity index is 3160. The maximum absolute atomic E-state index is 15.5. The molecule has 2 amide bonds. The number of aromatic nitrogens is 2. The van der Waals surface area contributed by atoms with Crippen molar-refractivity contribution >= 4 is 50.5 Å². The minimum absolute atomic E-state index is 0.00488. The zero-order valence-corrected chi connectivity index (χ0v) is 43.2. The summed E-state index contributed by atoms with van der Waals surface area (Å²) in [6.45, 7) is 13.8. The van der Waals surface area contributed by atoms with Crippen molar-refractivity contribution in [1.82, 2.24) is 29.6 Å². The van der Waals surface area contributed by atoms with E-state index in [0.717, 1.165) is 97.5 Å².